The Morgan fingerprint density at radius 2 is 1.79 bits per heavy atom. The molecule has 2 aromatic heterocycles. The van der Waals surface area contributed by atoms with Crippen LogP contribution in [0.15, 0.2) is 58.1 Å². The predicted octanol–water partition coefficient (Wildman–Crippen LogP) is 4.26. The fourth-order valence-corrected chi connectivity index (χ4v) is 5.19. The first-order valence-corrected chi connectivity index (χ1v) is 12.2. The van der Waals surface area contributed by atoms with Gasteiger partial charge in [0.25, 0.3) is 0 Å². The third-order valence-electron chi connectivity index (χ3n) is 4.03. The zero-order valence-electron chi connectivity index (χ0n) is 15.7. The first-order valence-electron chi connectivity index (χ1n) is 8.94. The molecule has 0 atom stereocenters. The van der Waals surface area contributed by atoms with E-state index in [1.165, 1.54) is 34.8 Å². The fraction of sp³-hybridized carbons (Fsp3) is 0.200. The van der Waals surface area contributed by atoms with Crippen LogP contribution in [0.2, 0.25) is 0 Å². The van der Waals surface area contributed by atoms with Crippen LogP contribution in [0.5, 0.6) is 0 Å². The summed E-state index contributed by atoms with van der Waals surface area (Å²) in [4.78, 5) is 25.4. The first-order chi connectivity index (χ1) is 13.9. The zero-order chi connectivity index (χ0) is 20.9. The zero-order valence-corrected chi connectivity index (χ0v) is 18.1. The van der Waals surface area contributed by atoms with Crippen LogP contribution < -0.4 is 10.0 Å². The molecule has 0 radical (unpaired) electrons. The van der Waals surface area contributed by atoms with E-state index in [1.807, 2.05) is 12.3 Å². The van der Waals surface area contributed by atoms with Gasteiger partial charge in [0.1, 0.15) is 0 Å². The maximum atomic E-state index is 12.5. The van der Waals surface area contributed by atoms with Gasteiger partial charge >= 0.3 is 0 Å². The van der Waals surface area contributed by atoms with Crippen molar-refractivity contribution in [3.8, 4) is 0 Å². The van der Waals surface area contributed by atoms with E-state index in [9.17, 15) is 18.0 Å². The van der Waals surface area contributed by atoms with E-state index in [4.69, 9.17) is 0 Å². The van der Waals surface area contributed by atoms with Gasteiger partial charge < -0.3 is 5.32 Å². The number of rotatable bonds is 9. The highest BCUT2D eigenvalue weighted by Crippen LogP contribution is 2.22. The minimum atomic E-state index is -3.71. The topological polar surface area (TPSA) is 92.3 Å². The summed E-state index contributed by atoms with van der Waals surface area (Å²) in [7, 11) is -3.71. The van der Waals surface area contributed by atoms with Gasteiger partial charge in [-0.05, 0) is 54.3 Å². The van der Waals surface area contributed by atoms with Crippen molar-refractivity contribution in [1.29, 1.82) is 0 Å². The molecule has 0 spiro atoms. The van der Waals surface area contributed by atoms with E-state index in [-0.39, 0.29) is 23.1 Å². The summed E-state index contributed by atoms with van der Waals surface area (Å²) >= 11 is 2.73. The lowest BCUT2D eigenvalue weighted by Gasteiger charge is -2.08. The average molecular weight is 449 g/mol. The van der Waals surface area contributed by atoms with Crippen molar-refractivity contribution in [2.24, 2.45) is 0 Å². The van der Waals surface area contributed by atoms with Crippen LogP contribution in [0.4, 0.5) is 5.69 Å². The predicted molar refractivity (Wildman–Crippen MR) is 116 cm³/mol. The Bertz CT molecular complexity index is 1090. The van der Waals surface area contributed by atoms with Crippen molar-refractivity contribution in [3.63, 3.8) is 0 Å². The van der Waals surface area contributed by atoms with Gasteiger partial charge in [0.15, 0.2) is 0 Å². The maximum absolute atomic E-state index is 12.5. The molecule has 1 aromatic carbocycles. The van der Waals surface area contributed by atoms with E-state index in [2.05, 4.69) is 10.0 Å². The molecule has 0 aliphatic carbocycles. The molecular formula is C20H20N2O4S3. The van der Waals surface area contributed by atoms with Crippen LogP contribution in [0.3, 0.4) is 0 Å². The summed E-state index contributed by atoms with van der Waals surface area (Å²) in [6, 6.07) is 11.2. The molecule has 3 aromatic rings. The number of benzene rings is 1. The summed E-state index contributed by atoms with van der Waals surface area (Å²) in [5.74, 6) is -0.169. The molecule has 9 heteroatoms. The van der Waals surface area contributed by atoms with Crippen molar-refractivity contribution < 1.29 is 18.0 Å². The van der Waals surface area contributed by atoms with E-state index >= 15 is 0 Å². The molecule has 6 nitrogen and oxygen atoms in total. The molecule has 2 N–H and O–H groups in total. The second-order valence-corrected chi connectivity index (χ2v) is 9.97. The highest BCUT2D eigenvalue weighted by atomic mass is 32.2. The van der Waals surface area contributed by atoms with Gasteiger partial charge in [0.05, 0.1) is 9.77 Å². The van der Waals surface area contributed by atoms with Crippen molar-refractivity contribution >= 4 is 50.1 Å². The van der Waals surface area contributed by atoms with E-state index in [1.54, 1.807) is 35.7 Å². The Morgan fingerprint density at radius 3 is 2.45 bits per heavy atom. The normalized spacial score (nSPS) is 11.3. The fourth-order valence-electron chi connectivity index (χ4n) is 2.55. The molecule has 0 aliphatic heterocycles. The minimum Gasteiger partial charge on any atom is -0.326 e. The van der Waals surface area contributed by atoms with Gasteiger partial charge in [0, 0.05) is 34.5 Å². The molecule has 0 fully saturated rings. The summed E-state index contributed by atoms with van der Waals surface area (Å²) in [5.41, 5.74) is 1.19. The standard InChI is InChI=1S/C20H20N2O4S3/c1-2-3-19(23)22-15-4-7-17(8-5-15)29(25,26)21-12-16-6-9-18(28-16)20(24)14-10-11-27-13-14/h4-11,13,21H,2-3,12H2,1H3,(H,22,23). The molecular weight excluding hydrogens is 428 g/mol. The van der Waals surface area contributed by atoms with Gasteiger partial charge in [-0.2, -0.15) is 11.3 Å². The average Bonchev–Trinajstić information content (AvgIpc) is 3.39. The number of amides is 1. The van der Waals surface area contributed by atoms with Crippen molar-refractivity contribution in [2.45, 2.75) is 31.2 Å². The van der Waals surface area contributed by atoms with E-state index in [0.29, 0.717) is 22.5 Å². The quantitative estimate of drug-likeness (QED) is 0.479. The summed E-state index contributed by atoms with van der Waals surface area (Å²) < 4.78 is 27.6. The Kier molecular flexibility index (Phi) is 6.96. The number of nitrogens with one attached hydrogen (secondary N) is 2. The molecule has 152 valence electrons. The second kappa shape index (κ2) is 9.45. The number of thiophene rings is 2. The van der Waals surface area contributed by atoms with Crippen LogP contribution in [0.25, 0.3) is 0 Å². The lowest BCUT2D eigenvalue weighted by Crippen LogP contribution is -2.22. The molecule has 0 bridgehead atoms. The lowest BCUT2D eigenvalue weighted by atomic mass is 10.2. The molecule has 2 heterocycles. The molecule has 0 unspecified atom stereocenters. The lowest BCUT2D eigenvalue weighted by molar-refractivity contribution is -0.116. The number of carbonyl (C=O) groups is 2. The summed E-state index contributed by atoms with van der Waals surface area (Å²) in [6.45, 7) is 2.01. The Hall–Kier alpha value is -2.33. The highest BCUT2D eigenvalue weighted by Gasteiger charge is 2.16. The van der Waals surface area contributed by atoms with Gasteiger partial charge in [-0.25, -0.2) is 13.1 Å². The smallest absolute Gasteiger partial charge is 0.240 e. The number of anilines is 1. The van der Waals surface area contributed by atoms with E-state index < -0.39 is 10.0 Å². The SMILES string of the molecule is CCCC(=O)Nc1ccc(S(=O)(=O)NCc2ccc(C(=O)c3ccsc3)s2)cc1. The van der Waals surface area contributed by atoms with Gasteiger partial charge in [0.2, 0.25) is 21.7 Å². The Balaban J connectivity index is 1.61. The Morgan fingerprint density at radius 1 is 1.03 bits per heavy atom. The van der Waals surface area contributed by atoms with Crippen LogP contribution in [-0.2, 0) is 21.4 Å². The summed E-state index contributed by atoms with van der Waals surface area (Å²) in [5, 5.41) is 6.35. The number of ketones is 1. The van der Waals surface area contributed by atoms with Crippen LogP contribution in [0.1, 0.15) is 39.9 Å². The third-order valence-corrected chi connectivity index (χ3v) is 7.22. The minimum absolute atomic E-state index is 0.0638. The third kappa shape index (κ3) is 5.60. The molecule has 0 saturated heterocycles. The second-order valence-electron chi connectivity index (χ2n) is 6.25. The molecule has 0 saturated carbocycles. The molecule has 3 rings (SSSR count). The highest BCUT2D eigenvalue weighted by molar-refractivity contribution is 7.89. The largest absolute Gasteiger partial charge is 0.326 e. The molecule has 0 aliphatic rings. The number of sulfonamides is 1. The number of carbonyl (C=O) groups excluding carboxylic acids is 2. The van der Waals surface area contributed by atoms with Crippen LogP contribution in [0, 0.1) is 0 Å². The molecule has 1 amide bonds. The van der Waals surface area contributed by atoms with Crippen LogP contribution in [-0.4, -0.2) is 20.1 Å². The van der Waals surface area contributed by atoms with E-state index in [0.717, 1.165) is 11.3 Å². The first kappa shape index (κ1) is 21.4. The van der Waals surface area contributed by atoms with Crippen LogP contribution >= 0.6 is 22.7 Å². The van der Waals surface area contributed by atoms with Crippen molar-refractivity contribution in [1.82, 2.24) is 4.72 Å². The van der Waals surface area contributed by atoms with Gasteiger partial charge in [-0.15, -0.1) is 11.3 Å². The Labute approximate surface area is 177 Å². The maximum Gasteiger partial charge on any atom is 0.240 e. The van der Waals surface area contributed by atoms with Crippen molar-refractivity contribution in [3.05, 3.63) is 68.5 Å². The van der Waals surface area contributed by atoms with Gasteiger partial charge in [-0.1, -0.05) is 6.92 Å². The summed E-state index contributed by atoms with van der Waals surface area (Å²) in [6.07, 6.45) is 1.16. The monoisotopic (exact) mass is 448 g/mol. The number of hydrogen-bond acceptors (Lipinski definition) is 6. The molecule has 29 heavy (non-hydrogen) atoms. The number of hydrogen-bond donors (Lipinski definition) is 2. The van der Waals surface area contributed by atoms with Gasteiger partial charge in [-0.3, -0.25) is 9.59 Å². The van der Waals surface area contributed by atoms with Crippen molar-refractivity contribution in [2.75, 3.05) is 5.32 Å².